The number of hydrogen-bond donors (Lipinski definition) is 0. The zero-order valence-electron chi connectivity index (χ0n) is 15.0. The lowest BCUT2D eigenvalue weighted by molar-refractivity contribution is 0.0776. The molecule has 132 valence electrons. The van der Waals surface area contributed by atoms with Gasteiger partial charge in [0.05, 0.1) is 6.61 Å². The van der Waals surface area contributed by atoms with Gasteiger partial charge in [-0.1, -0.05) is 0 Å². The van der Waals surface area contributed by atoms with Crippen LogP contribution in [-0.2, 0) is 11.3 Å². The van der Waals surface area contributed by atoms with Crippen LogP contribution in [0.15, 0.2) is 24.5 Å². The van der Waals surface area contributed by atoms with Crippen molar-refractivity contribution in [3.05, 3.63) is 30.1 Å². The first-order valence-corrected chi connectivity index (χ1v) is 9.62. The molecule has 0 N–H and O–H groups in total. The maximum absolute atomic E-state index is 5.99. The Morgan fingerprint density at radius 3 is 2.62 bits per heavy atom. The molecule has 3 fully saturated rings. The van der Waals surface area contributed by atoms with Crippen molar-refractivity contribution in [3.8, 4) is 0 Å². The van der Waals surface area contributed by atoms with Crippen LogP contribution in [0.2, 0.25) is 0 Å². The third kappa shape index (κ3) is 3.98. The molecule has 3 aliphatic rings. The third-order valence-corrected chi connectivity index (χ3v) is 6.31. The molecular formula is C20H31N3O. The highest BCUT2D eigenvalue weighted by atomic mass is 16.5. The minimum Gasteiger partial charge on any atom is -0.380 e. The molecule has 2 aliphatic heterocycles. The van der Waals surface area contributed by atoms with Crippen molar-refractivity contribution in [1.29, 1.82) is 0 Å². The van der Waals surface area contributed by atoms with Crippen LogP contribution in [0.25, 0.3) is 0 Å². The van der Waals surface area contributed by atoms with Crippen LogP contribution in [0.5, 0.6) is 0 Å². The Labute approximate surface area is 146 Å². The first kappa shape index (κ1) is 16.5. The summed E-state index contributed by atoms with van der Waals surface area (Å²) in [5.74, 6) is 0.877. The molecule has 4 rings (SSSR count). The fourth-order valence-electron chi connectivity index (χ4n) is 4.51. The van der Waals surface area contributed by atoms with Crippen LogP contribution < -0.4 is 0 Å². The summed E-state index contributed by atoms with van der Waals surface area (Å²) in [5, 5.41) is 0. The summed E-state index contributed by atoms with van der Waals surface area (Å²) < 4.78 is 5.99. The molecule has 0 bridgehead atoms. The van der Waals surface area contributed by atoms with E-state index in [2.05, 4.69) is 34.0 Å². The second-order valence-electron chi connectivity index (χ2n) is 8.39. The fourth-order valence-corrected chi connectivity index (χ4v) is 4.51. The minimum absolute atomic E-state index is 0.539. The average Bonchev–Trinajstić information content (AvgIpc) is 3.36. The number of rotatable bonds is 6. The van der Waals surface area contributed by atoms with Crippen molar-refractivity contribution in [1.82, 2.24) is 14.8 Å². The zero-order valence-corrected chi connectivity index (χ0v) is 15.0. The van der Waals surface area contributed by atoms with E-state index in [0.717, 1.165) is 25.7 Å². The summed E-state index contributed by atoms with van der Waals surface area (Å²) in [5.41, 5.74) is 1.92. The largest absolute Gasteiger partial charge is 0.380 e. The van der Waals surface area contributed by atoms with E-state index in [0.29, 0.717) is 11.5 Å². The second kappa shape index (κ2) is 7.11. The average molecular weight is 329 g/mol. The highest BCUT2D eigenvalue weighted by Gasteiger charge is 2.44. The van der Waals surface area contributed by atoms with Crippen molar-refractivity contribution >= 4 is 0 Å². The Balaban J connectivity index is 1.25. The number of hydrogen-bond acceptors (Lipinski definition) is 4. The van der Waals surface area contributed by atoms with Gasteiger partial charge in [-0.25, -0.2) is 0 Å². The maximum Gasteiger partial charge on any atom is 0.0622 e. The van der Waals surface area contributed by atoms with Crippen molar-refractivity contribution < 1.29 is 4.74 Å². The van der Waals surface area contributed by atoms with Crippen LogP contribution in [0.1, 0.15) is 37.7 Å². The highest BCUT2D eigenvalue weighted by Crippen LogP contribution is 2.43. The summed E-state index contributed by atoms with van der Waals surface area (Å²) >= 11 is 0. The van der Waals surface area contributed by atoms with E-state index in [-0.39, 0.29) is 0 Å². The molecule has 1 aliphatic carbocycles. The fraction of sp³-hybridized carbons (Fsp3) is 0.750. The molecule has 2 saturated heterocycles. The normalized spacial score (nSPS) is 27.8. The molecular weight excluding hydrogens is 298 g/mol. The summed E-state index contributed by atoms with van der Waals surface area (Å²) in [6.45, 7) is 6.72. The second-order valence-corrected chi connectivity index (χ2v) is 8.39. The predicted octanol–water partition coefficient (Wildman–Crippen LogP) is 2.79. The van der Waals surface area contributed by atoms with Gasteiger partial charge in [0.2, 0.25) is 0 Å². The SMILES string of the molecule is CN1CC2(CCN(Cc3ccncc3)CC2)CC1COCC1CC1. The summed E-state index contributed by atoms with van der Waals surface area (Å²) in [7, 11) is 2.29. The van der Waals surface area contributed by atoms with E-state index in [1.807, 2.05) is 12.4 Å². The van der Waals surface area contributed by atoms with E-state index in [1.165, 1.54) is 57.3 Å². The number of likely N-dealkylation sites (N-methyl/N-ethyl adjacent to an activating group) is 1. The molecule has 1 aromatic heterocycles. The molecule has 1 saturated carbocycles. The molecule has 0 radical (unpaired) electrons. The quantitative estimate of drug-likeness (QED) is 0.802. The summed E-state index contributed by atoms with van der Waals surface area (Å²) in [6, 6.07) is 4.91. The number of likely N-dealkylation sites (tertiary alicyclic amines) is 2. The van der Waals surface area contributed by atoms with E-state index in [1.54, 1.807) is 0 Å². The van der Waals surface area contributed by atoms with Gasteiger partial charge in [-0.05, 0) is 81.3 Å². The Morgan fingerprint density at radius 2 is 1.92 bits per heavy atom. The maximum atomic E-state index is 5.99. The van der Waals surface area contributed by atoms with E-state index in [4.69, 9.17) is 4.74 Å². The molecule has 1 spiro atoms. The first-order chi connectivity index (χ1) is 11.7. The Kier molecular flexibility index (Phi) is 4.88. The lowest BCUT2D eigenvalue weighted by atomic mass is 9.76. The molecule has 24 heavy (non-hydrogen) atoms. The van der Waals surface area contributed by atoms with Gasteiger partial charge in [-0.3, -0.25) is 9.88 Å². The van der Waals surface area contributed by atoms with Crippen molar-refractivity contribution in [2.45, 2.75) is 44.7 Å². The number of aromatic nitrogens is 1. The van der Waals surface area contributed by atoms with Crippen LogP contribution in [-0.4, -0.2) is 60.7 Å². The minimum atomic E-state index is 0.539. The van der Waals surface area contributed by atoms with Crippen molar-refractivity contribution in [3.63, 3.8) is 0 Å². The van der Waals surface area contributed by atoms with Gasteiger partial charge in [-0.15, -0.1) is 0 Å². The van der Waals surface area contributed by atoms with Gasteiger partial charge in [0, 0.05) is 38.1 Å². The smallest absolute Gasteiger partial charge is 0.0622 e. The molecule has 1 unspecified atom stereocenters. The van der Waals surface area contributed by atoms with Gasteiger partial charge in [0.25, 0.3) is 0 Å². The van der Waals surface area contributed by atoms with E-state index in [9.17, 15) is 0 Å². The van der Waals surface area contributed by atoms with Crippen LogP contribution in [0.4, 0.5) is 0 Å². The van der Waals surface area contributed by atoms with Gasteiger partial charge < -0.3 is 9.64 Å². The van der Waals surface area contributed by atoms with Gasteiger partial charge in [0.15, 0.2) is 0 Å². The van der Waals surface area contributed by atoms with Crippen LogP contribution in [0.3, 0.4) is 0 Å². The Hall–Kier alpha value is -0.970. The molecule has 0 amide bonds. The van der Waals surface area contributed by atoms with Gasteiger partial charge >= 0.3 is 0 Å². The monoisotopic (exact) mass is 329 g/mol. The number of piperidine rings is 1. The molecule has 1 atom stereocenters. The summed E-state index contributed by atoms with van der Waals surface area (Å²) in [6.07, 6.45) is 10.6. The third-order valence-electron chi connectivity index (χ3n) is 6.31. The van der Waals surface area contributed by atoms with E-state index < -0.39 is 0 Å². The molecule has 3 heterocycles. The topological polar surface area (TPSA) is 28.6 Å². The molecule has 4 nitrogen and oxygen atoms in total. The van der Waals surface area contributed by atoms with Crippen LogP contribution >= 0.6 is 0 Å². The van der Waals surface area contributed by atoms with Crippen molar-refractivity contribution in [2.75, 3.05) is 39.9 Å². The summed E-state index contributed by atoms with van der Waals surface area (Å²) in [4.78, 5) is 9.29. The zero-order chi connectivity index (χ0) is 16.4. The van der Waals surface area contributed by atoms with Gasteiger partial charge in [0.1, 0.15) is 0 Å². The molecule has 0 aromatic carbocycles. The Bertz CT molecular complexity index is 523. The predicted molar refractivity (Wildman–Crippen MR) is 95.8 cm³/mol. The number of pyridine rings is 1. The first-order valence-electron chi connectivity index (χ1n) is 9.62. The van der Waals surface area contributed by atoms with E-state index >= 15 is 0 Å². The van der Waals surface area contributed by atoms with Gasteiger partial charge in [-0.2, -0.15) is 0 Å². The standard InChI is InChI=1S/C20H31N3O/c1-22-16-20(12-19(22)15-24-14-18-2-3-18)6-10-23(11-7-20)13-17-4-8-21-9-5-17/h4-5,8-9,18-19H,2-3,6-7,10-16H2,1H3. The lowest BCUT2D eigenvalue weighted by Crippen LogP contribution is -2.40. The Morgan fingerprint density at radius 1 is 1.17 bits per heavy atom. The molecule has 4 heteroatoms. The van der Waals surface area contributed by atoms with Crippen molar-refractivity contribution in [2.24, 2.45) is 11.3 Å². The number of ether oxygens (including phenoxy) is 1. The molecule has 1 aromatic rings. The lowest BCUT2D eigenvalue weighted by Gasteiger charge is -2.39. The van der Waals surface area contributed by atoms with Crippen LogP contribution in [0, 0.1) is 11.3 Å². The highest BCUT2D eigenvalue weighted by molar-refractivity contribution is 5.10. The number of nitrogens with zero attached hydrogens (tertiary/aromatic N) is 3.